The van der Waals surface area contributed by atoms with Crippen LogP contribution < -0.4 is 4.90 Å². The van der Waals surface area contributed by atoms with E-state index in [1.165, 1.54) is 45.2 Å². The fourth-order valence-corrected chi connectivity index (χ4v) is 5.78. The van der Waals surface area contributed by atoms with E-state index in [4.69, 9.17) is 0 Å². The van der Waals surface area contributed by atoms with Gasteiger partial charge in [-0.2, -0.15) is 5.10 Å². The molecule has 7 heteroatoms. The number of carbonyl (C=O) groups excluding carboxylic acids is 2. The standard InChI is InChI=1S/C23H31N5O2/c1-26(14-16-7-6-12-27-11-5-4-10-20(16)27)23(30)17-13-21(29)28(15-17)22-18-8-2-3-9-19(18)24-25-22/h2-3,8-9,16-17,20H,4-7,10-15H2,1H3,(H,24,25)/t16-,17?,20+/m1/s1. The number of aromatic nitrogens is 2. The molecule has 0 radical (unpaired) electrons. The number of carbonyl (C=O) groups is 2. The van der Waals surface area contributed by atoms with E-state index in [2.05, 4.69) is 15.1 Å². The number of H-pyrrole nitrogens is 1. The van der Waals surface area contributed by atoms with Crippen LogP contribution in [0.2, 0.25) is 0 Å². The summed E-state index contributed by atoms with van der Waals surface area (Å²) in [5.41, 5.74) is 0.904. The van der Waals surface area contributed by atoms with Gasteiger partial charge in [0, 0.05) is 38.0 Å². The number of anilines is 1. The zero-order valence-corrected chi connectivity index (χ0v) is 17.7. The fraction of sp³-hybridized carbons (Fsp3) is 0.609. The highest BCUT2D eigenvalue weighted by molar-refractivity contribution is 6.05. The van der Waals surface area contributed by atoms with Gasteiger partial charge in [-0.05, 0) is 56.8 Å². The highest BCUT2D eigenvalue weighted by atomic mass is 16.2. The van der Waals surface area contributed by atoms with Crippen molar-refractivity contribution in [1.29, 1.82) is 0 Å². The number of fused-ring (bicyclic) bond motifs is 2. The lowest BCUT2D eigenvalue weighted by molar-refractivity contribution is -0.135. The molecule has 160 valence electrons. The van der Waals surface area contributed by atoms with Crippen molar-refractivity contribution in [3.8, 4) is 0 Å². The molecule has 0 spiro atoms. The number of hydrogen-bond donors (Lipinski definition) is 1. The Balaban J connectivity index is 1.25. The lowest BCUT2D eigenvalue weighted by Gasteiger charge is -2.45. The number of para-hydroxylation sites is 1. The summed E-state index contributed by atoms with van der Waals surface area (Å²) in [6.45, 7) is 3.64. The summed E-state index contributed by atoms with van der Waals surface area (Å²) in [5, 5.41) is 8.27. The smallest absolute Gasteiger partial charge is 0.229 e. The van der Waals surface area contributed by atoms with Crippen molar-refractivity contribution in [2.75, 3.05) is 38.1 Å². The third kappa shape index (κ3) is 3.49. The molecule has 1 aromatic heterocycles. The monoisotopic (exact) mass is 409 g/mol. The van der Waals surface area contributed by atoms with Crippen LogP contribution in [-0.2, 0) is 9.59 Å². The molecule has 1 aromatic carbocycles. The van der Waals surface area contributed by atoms with Crippen LogP contribution in [0.1, 0.15) is 38.5 Å². The summed E-state index contributed by atoms with van der Waals surface area (Å²) in [6, 6.07) is 8.41. The number of benzene rings is 1. The van der Waals surface area contributed by atoms with Crippen molar-refractivity contribution in [2.45, 2.75) is 44.6 Å². The van der Waals surface area contributed by atoms with Gasteiger partial charge in [-0.1, -0.05) is 18.6 Å². The lowest BCUT2D eigenvalue weighted by Crippen LogP contribution is -2.51. The Kier molecular flexibility index (Phi) is 5.23. The second-order valence-corrected chi connectivity index (χ2v) is 9.22. The Hall–Kier alpha value is -2.41. The molecule has 5 rings (SSSR count). The van der Waals surface area contributed by atoms with E-state index >= 15 is 0 Å². The molecule has 2 amide bonds. The lowest BCUT2D eigenvalue weighted by atomic mass is 9.83. The van der Waals surface area contributed by atoms with Crippen LogP contribution in [0.5, 0.6) is 0 Å². The van der Waals surface area contributed by atoms with E-state index in [-0.39, 0.29) is 24.2 Å². The summed E-state index contributed by atoms with van der Waals surface area (Å²) >= 11 is 0. The largest absolute Gasteiger partial charge is 0.345 e. The van der Waals surface area contributed by atoms with Crippen molar-refractivity contribution < 1.29 is 9.59 Å². The highest BCUT2D eigenvalue weighted by Gasteiger charge is 2.39. The predicted molar refractivity (Wildman–Crippen MR) is 116 cm³/mol. The topological polar surface area (TPSA) is 72.5 Å². The minimum atomic E-state index is -0.288. The first-order valence-corrected chi connectivity index (χ1v) is 11.3. The highest BCUT2D eigenvalue weighted by Crippen LogP contribution is 2.33. The van der Waals surface area contributed by atoms with Gasteiger partial charge in [0.15, 0.2) is 5.82 Å². The second-order valence-electron chi connectivity index (χ2n) is 9.22. The Bertz CT molecular complexity index is 939. The molecular weight excluding hydrogens is 378 g/mol. The van der Waals surface area contributed by atoms with Gasteiger partial charge < -0.3 is 9.80 Å². The zero-order valence-electron chi connectivity index (χ0n) is 17.7. The third-order valence-corrected chi connectivity index (χ3v) is 7.29. The molecule has 2 aromatic rings. The molecule has 3 aliphatic heterocycles. The average molecular weight is 410 g/mol. The van der Waals surface area contributed by atoms with Crippen LogP contribution >= 0.6 is 0 Å². The van der Waals surface area contributed by atoms with E-state index < -0.39 is 0 Å². The maximum Gasteiger partial charge on any atom is 0.229 e. The van der Waals surface area contributed by atoms with Crippen LogP contribution in [0.15, 0.2) is 24.3 Å². The summed E-state index contributed by atoms with van der Waals surface area (Å²) in [4.78, 5) is 32.1. The third-order valence-electron chi connectivity index (χ3n) is 7.29. The molecule has 3 aliphatic rings. The molecule has 4 heterocycles. The number of rotatable bonds is 4. The summed E-state index contributed by atoms with van der Waals surface area (Å²) in [7, 11) is 1.92. The van der Waals surface area contributed by atoms with E-state index in [0.717, 1.165) is 17.4 Å². The molecular formula is C23H31N5O2. The van der Waals surface area contributed by atoms with Gasteiger partial charge in [-0.15, -0.1) is 0 Å². The minimum absolute atomic E-state index is 0.0184. The minimum Gasteiger partial charge on any atom is -0.345 e. The summed E-state index contributed by atoms with van der Waals surface area (Å²) in [5.74, 6) is 0.980. The van der Waals surface area contributed by atoms with Crippen LogP contribution in [0.25, 0.3) is 10.9 Å². The number of hydrogen-bond acceptors (Lipinski definition) is 4. The van der Waals surface area contributed by atoms with Crippen molar-refractivity contribution >= 4 is 28.5 Å². The number of nitrogens with zero attached hydrogens (tertiary/aromatic N) is 4. The van der Waals surface area contributed by atoms with Crippen LogP contribution in [0, 0.1) is 11.8 Å². The Morgan fingerprint density at radius 3 is 2.93 bits per heavy atom. The van der Waals surface area contributed by atoms with Gasteiger partial charge in [0.25, 0.3) is 0 Å². The van der Waals surface area contributed by atoms with Crippen LogP contribution in [-0.4, -0.2) is 71.1 Å². The number of piperidine rings is 2. The van der Waals surface area contributed by atoms with E-state index in [9.17, 15) is 9.59 Å². The summed E-state index contributed by atoms with van der Waals surface area (Å²) < 4.78 is 0. The molecule has 0 aliphatic carbocycles. The van der Waals surface area contributed by atoms with Crippen LogP contribution in [0.3, 0.4) is 0 Å². The molecule has 3 fully saturated rings. The molecule has 3 atom stereocenters. The fourth-order valence-electron chi connectivity index (χ4n) is 5.78. The van der Waals surface area contributed by atoms with Crippen LogP contribution in [0.4, 0.5) is 5.82 Å². The Labute approximate surface area is 177 Å². The van der Waals surface area contributed by atoms with Gasteiger partial charge in [0.1, 0.15) is 0 Å². The van der Waals surface area contributed by atoms with Gasteiger partial charge in [-0.3, -0.25) is 19.6 Å². The molecule has 30 heavy (non-hydrogen) atoms. The van der Waals surface area contributed by atoms with E-state index in [1.807, 2.05) is 36.2 Å². The molecule has 7 nitrogen and oxygen atoms in total. The maximum absolute atomic E-state index is 13.2. The maximum atomic E-state index is 13.2. The first kappa shape index (κ1) is 19.5. The number of nitrogens with one attached hydrogen (secondary N) is 1. The quantitative estimate of drug-likeness (QED) is 0.843. The summed E-state index contributed by atoms with van der Waals surface area (Å²) in [6.07, 6.45) is 6.57. The number of amides is 2. The SMILES string of the molecule is CN(C[C@H]1CCCN2CCCC[C@@H]12)C(=O)C1CC(=O)N(c2n[nH]c3ccccc23)C1. The molecule has 1 N–H and O–H groups in total. The molecule has 0 saturated carbocycles. The Morgan fingerprint density at radius 2 is 2.03 bits per heavy atom. The van der Waals surface area contributed by atoms with E-state index in [1.54, 1.807) is 4.90 Å². The van der Waals surface area contributed by atoms with Gasteiger partial charge in [0.2, 0.25) is 11.8 Å². The van der Waals surface area contributed by atoms with E-state index in [0.29, 0.717) is 24.3 Å². The first-order chi connectivity index (χ1) is 14.6. The molecule has 1 unspecified atom stereocenters. The average Bonchev–Trinajstić information content (AvgIpc) is 3.36. The normalized spacial score (nSPS) is 27.4. The second kappa shape index (κ2) is 8.02. The van der Waals surface area contributed by atoms with Gasteiger partial charge in [0.05, 0.1) is 11.4 Å². The molecule has 3 saturated heterocycles. The van der Waals surface area contributed by atoms with Gasteiger partial charge in [-0.25, -0.2) is 0 Å². The Morgan fingerprint density at radius 1 is 1.20 bits per heavy atom. The first-order valence-electron chi connectivity index (χ1n) is 11.3. The molecule has 0 bridgehead atoms. The van der Waals surface area contributed by atoms with Gasteiger partial charge >= 0.3 is 0 Å². The van der Waals surface area contributed by atoms with Crippen molar-refractivity contribution in [1.82, 2.24) is 20.0 Å². The zero-order chi connectivity index (χ0) is 20.7. The number of aromatic amines is 1. The van der Waals surface area contributed by atoms with Crippen molar-refractivity contribution in [3.63, 3.8) is 0 Å². The van der Waals surface area contributed by atoms with Crippen molar-refractivity contribution in [3.05, 3.63) is 24.3 Å². The van der Waals surface area contributed by atoms with Crippen molar-refractivity contribution in [2.24, 2.45) is 11.8 Å². The predicted octanol–water partition coefficient (Wildman–Crippen LogP) is 2.64.